The summed E-state index contributed by atoms with van der Waals surface area (Å²) in [6.45, 7) is 0.542. The molecule has 0 N–H and O–H groups in total. The van der Waals surface area contributed by atoms with Crippen molar-refractivity contribution in [1.82, 2.24) is 14.8 Å². The minimum atomic E-state index is -0.0787. The van der Waals surface area contributed by atoms with Crippen LogP contribution in [-0.2, 0) is 16.0 Å². The molecule has 5 nitrogen and oxygen atoms in total. The van der Waals surface area contributed by atoms with Crippen LogP contribution in [0, 0.1) is 5.92 Å². The van der Waals surface area contributed by atoms with E-state index in [4.69, 9.17) is 21.3 Å². The van der Waals surface area contributed by atoms with E-state index in [1.807, 2.05) is 28.9 Å². The molecule has 0 bridgehead atoms. The van der Waals surface area contributed by atoms with Gasteiger partial charge in [-0.25, -0.2) is 9.67 Å². The van der Waals surface area contributed by atoms with E-state index >= 15 is 0 Å². The van der Waals surface area contributed by atoms with Gasteiger partial charge in [0.05, 0.1) is 18.2 Å². The quantitative estimate of drug-likeness (QED) is 0.789. The molecule has 0 radical (unpaired) electrons. The summed E-state index contributed by atoms with van der Waals surface area (Å²) in [4.78, 5) is 16.4. The molecule has 2 heterocycles. The van der Waals surface area contributed by atoms with E-state index in [1.54, 1.807) is 0 Å². The molecule has 1 saturated heterocycles. The van der Waals surface area contributed by atoms with Crippen molar-refractivity contribution in [3.8, 4) is 5.69 Å². The lowest BCUT2D eigenvalue weighted by molar-refractivity contribution is -0.141. The van der Waals surface area contributed by atoms with Gasteiger partial charge in [0, 0.05) is 17.4 Å². The standard InChI is InChI=1S/C17H18ClN3O2/c18-13-4-6-14(7-5-13)21-15(19-16(20-21)11-1-2-11)8-3-12-9-10-23-17(12)22/h4-7,11-12H,1-3,8-10H2. The number of hydrogen-bond acceptors (Lipinski definition) is 4. The third-order valence-electron chi connectivity index (χ3n) is 4.46. The average molecular weight is 332 g/mol. The summed E-state index contributed by atoms with van der Waals surface area (Å²) >= 11 is 5.97. The number of carbonyl (C=O) groups is 1. The van der Waals surface area contributed by atoms with Crippen molar-refractivity contribution in [2.75, 3.05) is 6.61 Å². The molecule has 2 aromatic rings. The number of halogens is 1. The van der Waals surface area contributed by atoms with E-state index in [0.717, 1.165) is 36.6 Å². The van der Waals surface area contributed by atoms with Gasteiger partial charge in [0.25, 0.3) is 0 Å². The van der Waals surface area contributed by atoms with Crippen LogP contribution in [0.4, 0.5) is 0 Å². The van der Waals surface area contributed by atoms with Gasteiger partial charge in [-0.05, 0) is 49.9 Å². The Kier molecular flexibility index (Phi) is 3.81. The molecule has 0 amide bonds. The van der Waals surface area contributed by atoms with Crippen LogP contribution in [0.3, 0.4) is 0 Å². The molecule has 2 aliphatic rings. The lowest BCUT2D eigenvalue weighted by atomic mass is 10.0. The molecule has 1 aliphatic heterocycles. The van der Waals surface area contributed by atoms with Gasteiger partial charge in [0.15, 0.2) is 5.82 Å². The Hall–Kier alpha value is -1.88. The van der Waals surface area contributed by atoms with Gasteiger partial charge in [-0.15, -0.1) is 0 Å². The third-order valence-corrected chi connectivity index (χ3v) is 4.72. The molecule has 1 aliphatic carbocycles. The van der Waals surface area contributed by atoms with Crippen LogP contribution in [0.1, 0.15) is 43.3 Å². The highest BCUT2D eigenvalue weighted by Crippen LogP contribution is 2.38. The largest absolute Gasteiger partial charge is 0.465 e. The van der Waals surface area contributed by atoms with Crippen LogP contribution in [0.25, 0.3) is 5.69 Å². The van der Waals surface area contributed by atoms with Crippen LogP contribution < -0.4 is 0 Å². The number of aryl methyl sites for hydroxylation is 1. The molecule has 120 valence electrons. The van der Waals surface area contributed by atoms with Crippen molar-refractivity contribution in [3.05, 3.63) is 40.9 Å². The normalized spacial score (nSPS) is 20.7. The number of hydrogen-bond donors (Lipinski definition) is 0. The number of rotatable bonds is 5. The molecular formula is C17H18ClN3O2. The van der Waals surface area contributed by atoms with Crippen molar-refractivity contribution in [3.63, 3.8) is 0 Å². The number of nitrogens with zero attached hydrogens (tertiary/aromatic N) is 3. The maximum Gasteiger partial charge on any atom is 0.309 e. The Bertz CT molecular complexity index is 722. The van der Waals surface area contributed by atoms with E-state index in [2.05, 4.69) is 5.10 Å². The van der Waals surface area contributed by atoms with Crippen molar-refractivity contribution in [1.29, 1.82) is 0 Å². The Labute approximate surface area is 139 Å². The predicted octanol–water partition coefficient (Wildman–Crippen LogP) is 3.29. The Balaban J connectivity index is 1.59. The van der Waals surface area contributed by atoms with Crippen LogP contribution in [0.5, 0.6) is 0 Å². The molecule has 23 heavy (non-hydrogen) atoms. The first-order valence-corrected chi connectivity index (χ1v) is 8.47. The number of ether oxygens (including phenoxy) is 1. The number of cyclic esters (lactones) is 1. The zero-order chi connectivity index (χ0) is 15.8. The molecular weight excluding hydrogens is 314 g/mol. The van der Waals surface area contributed by atoms with Gasteiger partial charge in [-0.3, -0.25) is 4.79 Å². The second-order valence-electron chi connectivity index (χ2n) is 6.24. The van der Waals surface area contributed by atoms with Crippen molar-refractivity contribution in [2.45, 2.75) is 38.0 Å². The summed E-state index contributed by atoms with van der Waals surface area (Å²) in [6.07, 6.45) is 4.62. The Morgan fingerprint density at radius 2 is 2.00 bits per heavy atom. The van der Waals surface area contributed by atoms with Crippen molar-refractivity contribution in [2.24, 2.45) is 5.92 Å². The molecule has 1 aromatic carbocycles. The fraction of sp³-hybridized carbons (Fsp3) is 0.471. The zero-order valence-electron chi connectivity index (χ0n) is 12.7. The summed E-state index contributed by atoms with van der Waals surface area (Å²) in [6, 6.07) is 7.60. The molecule has 6 heteroatoms. The smallest absolute Gasteiger partial charge is 0.309 e. The lowest BCUT2D eigenvalue weighted by Crippen LogP contribution is -2.11. The van der Waals surface area contributed by atoms with Gasteiger partial charge in [0.1, 0.15) is 5.82 Å². The Morgan fingerprint density at radius 1 is 1.22 bits per heavy atom. The van der Waals surface area contributed by atoms with Crippen LogP contribution >= 0.6 is 11.6 Å². The maximum atomic E-state index is 11.6. The number of esters is 1. The molecule has 1 saturated carbocycles. The van der Waals surface area contributed by atoms with Gasteiger partial charge >= 0.3 is 5.97 Å². The van der Waals surface area contributed by atoms with E-state index in [0.29, 0.717) is 17.5 Å². The van der Waals surface area contributed by atoms with Gasteiger partial charge in [-0.2, -0.15) is 5.10 Å². The van der Waals surface area contributed by atoms with Crippen molar-refractivity contribution >= 4 is 17.6 Å². The first kappa shape index (κ1) is 14.7. The third kappa shape index (κ3) is 3.11. The van der Waals surface area contributed by atoms with Crippen LogP contribution in [0.15, 0.2) is 24.3 Å². The maximum absolute atomic E-state index is 11.6. The number of benzene rings is 1. The van der Waals surface area contributed by atoms with Crippen LogP contribution in [0.2, 0.25) is 5.02 Å². The van der Waals surface area contributed by atoms with E-state index in [9.17, 15) is 4.79 Å². The second-order valence-corrected chi connectivity index (χ2v) is 6.68. The summed E-state index contributed by atoms with van der Waals surface area (Å²) < 4.78 is 6.93. The number of carbonyl (C=O) groups excluding carboxylic acids is 1. The SMILES string of the molecule is O=C1OCCC1CCc1nc(C2CC2)nn1-c1ccc(Cl)cc1. The average Bonchev–Trinajstić information content (AvgIpc) is 3.19. The molecule has 1 aromatic heterocycles. The predicted molar refractivity (Wildman–Crippen MR) is 85.7 cm³/mol. The molecule has 2 fully saturated rings. The first-order valence-electron chi connectivity index (χ1n) is 8.09. The molecule has 1 unspecified atom stereocenters. The van der Waals surface area contributed by atoms with E-state index < -0.39 is 0 Å². The summed E-state index contributed by atoms with van der Waals surface area (Å²) in [5.41, 5.74) is 0.956. The zero-order valence-corrected chi connectivity index (χ0v) is 13.5. The molecule has 1 atom stereocenters. The highest BCUT2D eigenvalue weighted by molar-refractivity contribution is 6.30. The summed E-state index contributed by atoms with van der Waals surface area (Å²) in [5.74, 6) is 2.25. The highest BCUT2D eigenvalue weighted by atomic mass is 35.5. The van der Waals surface area contributed by atoms with E-state index in [-0.39, 0.29) is 11.9 Å². The highest BCUT2D eigenvalue weighted by Gasteiger charge is 2.30. The lowest BCUT2D eigenvalue weighted by Gasteiger charge is -2.07. The fourth-order valence-electron chi connectivity index (χ4n) is 2.93. The second kappa shape index (κ2) is 5.96. The Morgan fingerprint density at radius 3 is 2.65 bits per heavy atom. The fourth-order valence-corrected chi connectivity index (χ4v) is 3.06. The minimum Gasteiger partial charge on any atom is -0.465 e. The van der Waals surface area contributed by atoms with Crippen LogP contribution in [-0.4, -0.2) is 27.3 Å². The topological polar surface area (TPSA) is 57.0 Å². The van der Waals surface area contributed by atoms with Gasteiger partial charge < -0.3 is 4.74 Å². The summed E-state index contributed by atoms with van der Waals surface area (Å²) in [7, 11) is 0. The first-order chi connectivity index (χ1) is 11.2. The van der Waals surface area contributed by atoms with Gasteiger partial charge in [0.2, 0.25) is 0 Å². The van der Waals surface area contributed by atoms with Gasteiger partial charge in [-0.1, -0.05) is 11.6 Å². The monoisotopic (exact) mass is 331 g/mol. The molecule has 4 rings (SSSR count). The van der Waals surface area contributed by atoms with E-state index in [1.165, 1.54) is 12.8 Å². The summed E-state index contributed by atoms with van der Waals surface area (Å²) in [5, 5.41) is 5.38. The molecule has 0 spiro atoms. The minimum absolute atomic E-state index is 0.00487. The van der Waals surface area contributed by atoms with Crippen molar-refractivity contribution < 1.29 is 9.53 Å². The number of aromatic nitrogens is 3.